The maximum Gasteiger partial charge on any atom is 0.222 e. The molecule has 2 heterocycles. The minimum atomic E-state index is 0. The number of rotatable bonds is 10. The van der Waals surface area contributed by atoms with Crippen molar-refractivity contribution in [3.8, 4) is 0 Å². The molecule has 1 saturated heterocycles. The summed E-state index contributed by atoms with van der Waals surface area (Å²) < 4.78 is 1.99. The third-order valence-corrected chi connectivity index (χ3v) is 4.47. The summed E-state index contributed by atoms with van der Waals surface area (Å²) in [5.74, 6) is 1.17. The van der Waals surface area contributed by atoms with Gasteiger partial charge >= 0.3 is 0 Å². The highest BCUT2D eigenvalue weighted by Gasteiger charge is 2.15. The molecule has 1 aromatic rings. The van der Waals surface area contributed by atoms with Crippen LogP contribution in [-0.4, -0.2) is 64.3 Å². The second kappa shape index (κ2) is 14.6. The zero-order valence-electron chi connectivity index (χ0n) is 16.4. The average molecular weight is 491 g/mol. The number of guanidine groups is 1. The van der Waals surface area contributed by atoms with Crippen molar-refractivity contribution in [3.63, 3.8) is 0 Å². The van der Waals surface area contributed by atoms with Crippen molar-refractivity contribution in [2.45, 2.75) is 58.4 Å². The van der Waals surface area contributed by atoms with Gasteiger partial charge in [-0.15, -0.1) is 34.2 Å². The molecule has 0 aliphatic carbocycles. The molecule has 1 fully saturated rings. The molecule has 8 nitrogen and oxygen atoms in total. The summed E-state index contributed by atoms with van der Waals surface area (Å²) in [6.07, 6.45) is 10.6. The molecule has 27 heavy (non-hydrogen) atoms. The minimum Gasteiger partial charge on any atom is -0.357 e. The summed E-state index contributed by atoms with van der Waals surface area (Å²) in [7, 11) is 0. The zero-order chi connectivity index (χ0) is 18.5. The van der Waals surface area contributed by atoms with Gasteiger partial charge in [0.2, 0.25) is 5.91 Å². The predicted molar refractivity (Wildman–Crippen MR) is 118 cm³/mol. The van der Waals surface area contributed by atoms with Crippen LogP contribution < -0.4 is 10.6 Å². The van der Waals surface area contributed by atoms with E-state index >= 15 is 0 Å². The Balaban J connectivity index is 0.00000364. The Morgan fingerprint density at radius 3 is 2.70 bits per heavy atom. The number of carbonyl (C=O) groups excluding carboxylic acids is 1. The zero-order valence-corrected chi connectivity index (χ0v) is 18.7. The van der Waals surface area contributed by atoms with Crippen LogP contribution in [0.15, 0.2) is 17.6 Å². The SMILES string of the molecule is CCNC(=NCCCN1CCCCCC1=O)NCCCCn1cnnc1.I. The van der Waals surface area contributed by atoms with Crippen LogP contribution in [0, 0.1) is 0 Å². The van der Waals surface area contributed by atoms with Crippen LogP contribution in [0.2, 0.25) is 0 Å². The predicted octanol–water partition coefficient (Wildman–Crippen LogP) is 2.02. The topological polar surface area (TPSA) is 87.4 Å². The van der Waals surface area contributed by atoms with E-state index in [1.54, 1.807) is 12.7 Å². The molecule has 154 valence electrons. The number of carbonyl (C=O) groups is 1. The van der Waals surface area contributed by atoms with Crippen molar-refractivity contribution < 1.29 is 4.79 Å². The summed E-state index contributed by atoms with van der Waals surface area (Å²) in [5.41, 5.74) is 0. The molecular weight excluding hydrogens is 457 g/mol. The molecule has 0 radical (unpaired) electrons. The number of unbranched alkanes of at least 4 members (excludes halogenated alkanes) is 1. The maximum absolute atomic E-state index is 12.0. The summed E-state index contributed by atoms with van der Waals surface area (Å²) >= 11 is 0. The number of aryl methyl sites for hydroxylation is 1. The maximum atomic E-state index is 12.0. The largest absolute Gasteiger partial charge is 0.357 e. The highest BCUT2D eigenvalue weighted by atomic mass is 127. The summed E-state index contributed by atoms with van der Waals surface area (Å²) in [6, 6.07) is 0. The van der Waals surface area contributed by atoms with Gasteiger partial charge in [0, 0.05) is 45.7 Å². The van der Waals surface area contributed by atoms with Gasteiger partial charge in [-0.3, -0.25) is 9.79 Å². The molecular formula is C18H34IN7O. The molecule has 0 unspecified atom stereocenters. The fourth-order valence-electron chi connectivity index (χ4n) is 3.03. The van der Waals surface area contributed by atoms with E-state index < -0.39 is 0 Å². The number of aromatic nitrogens is 3. The Kier molecular flexibility index (Phi) is 12.8. The molecule has 1 aromatic heterocycles. The quantitative estimate of drug-likeness (QED) is 0.226. The number of hydrogen-bond acceptors (Lipinski definition) is 4. The molecule has 1 aliphatic heterocycles. The van der Waals surface area contributed by atoms with Crippen molar-refractivity contribution in [1.82, 2.24) is 30.3 Å². The van der Waals surface area contributed by atoms with Crippen molar-refractivity contribution >= 4 is 35.8 Å². The lowest BCUT2D eigenvalue weighted by Gasteiger charge is -2.20. The monoisotopic (exact) mass is 491 g/mol. The number of hydrogen-bond donors (Lipinski definition) is 2. The Labute approximate surface area is 179 Å². The molecule has 0 spiro atoms. The van der Waals surface area contributed by atoms with Gasteiger partial charge in [0.25, 0.3) is 0 Å². The van der Waals surface area contributed by atoms with E-state index in [1.165, 1.54) is 6.42 Å². The van der Waals surface area contributed by atoms with Gasteiger partial charge in [-0.2, -0.15) is 0 Å². The molecule has 1 aliphatic rings. The molecule has 1 amide bonds. The van der Waals surface area contributed by atoms with Gasteiger partial charge in [-0.05, 0) is 39.0 Å². The summed E-state index contributed by atoms with van der Waals surface area (Å²) in [4.78, 5) is 18.6. The van der Waals surface area contributed by atoms with Crippen LogP contribution in [0.25, 0.3) is 0 Å². The van der Waals surface area contributed by atoms with Gasteiger partial charge in [0.1, 0.15) is 12.7 Å². The highest BCUT2D eigenvalue weighted by molar-refractivity contribution is 14.0. The smallest absolute Gasteiger partial charge is 0.222 e. The Morgan fingerprint density at radius 1 is 1.11 bits per heavy atom. The van der Waals surface area contributed by atoms with Crippen LogP contribution in [0.5, 0.6) is 0 Å². The first-order valence-corrected chi connectivity index (χ1v) is 9.92. The fourth-order valence-corrected chi connectivity index (χ4v) is 3.03. The molecule has 9 heteroatoms. The molecule has 2 N–H and O–H groups in total. The van der Waals surface area contributed by atoms with Crippen LogP contribution in [-0.2, 0) is 11.3 Å². The lowest BCUT2D eigenvalue weighted by Crippen LogP contribution is -2.38. The first kappa shape index (κ1) is 23.6. The number of amides is 1. The first-order chi connectivity index (χ1) is 12.8. The van der Waals surface area contributed by atoms with E-state index in [-0.39, 0.29) is 24.0 Å². The third kappa shape index (κ3) is 9.92. The van der Waals surface area contributed by atoms with Gasteiger partial charge < -0.3 is 20.1 Å². The number of aliphatic imine (C=N–C) groups is 1. The van der Waals surface area contributed by atoms with Crippen molar-refractivity contribution in [3.05, 3.63) is 12.7 Å². The van der Waals surface area contributed by atoms with Crippen molar-refractivity contribution in [2.24, 2.45) is 4.99 Å². The number of halogens is 1. The van der Waals surface area contributed by atoms with Gasteiger partial charge in [-0.1, -0.05) is 6.42 Å². The number of nitrogens with zero attached hydrogens (tertiary/aromatic N) is 5. The van der Waals surface area contributed by atoms with E-state index in [0.29, 0.717) is 12.3 Å². The fraction of sp³-hybridized carbons (Fsp3) is 0.778. The van der Waals surface area contributed by atoms with E-state index in [9.17, 15) is 4.79 Å². The van der Waals surface area contributed by atoms with E-state index in [4.69, 9.17) is 0 Å². The second-order valence-corrected chi connectivity index (χ2v) is 6.64. The highest BCUT2D eigenvalue weighted by Crippen LogP contribution is 2.11. The van der Waals surface area contributed by atoms with E-state index in [2.05, 4.69) is 32.7 Å². The molecule has 0 bridgehead atoms. The molecule has 2 rings (SSSR count). The van der Waals surface area contributed by atoms with Gasteiger partial charge in [0.05, 0.1) is 0 Å². The van der Waals surface area contributed by atoms with Crippen LogP contribution in [0.3, 0.4) is 0 Å². The second-order valence-electron chi connectivity index (χ2n) is 6.64. The average Bonchev–Trinajstić information content (AvgIpc) is 3.07. The third-order valence-electron chi connectivity index (χ3n) is 4.47. The number of nitrogens with one attached hydrogen (secondary N) is 2. The Morgan fingerprint density at radius 2 is 1.93 bits per heavy atom. The van der Waals surface area contributed by atoms with Crippen LogP contribution in [0.4, 0.5) is 0 Å². The lowest BCUT2D eigenvalue weighted by molar-refractivity contribution is -0.130. The van der Waals surface area contributed by atoms with Gasteiger partial charge in [-0.25, -0.2) is 0 Å². The number of likely N-dealkylation sites (tertiary alicyclic amines) is 1. The standard InChI is InChI=1S/C18H33N7O.HI/c1-2-19-18(20-10-5-7-12-24-15-22-23-16-24)21-11-8-14-25-13-6-3-4-9-17(25)26;/h15-16H,2-14H2,1H3,(H2,19,20,21);1H. The molecule has 0 saturated carbocycles. The van der Waals surface area contributed by atoms with Crippen molar-refractivity contribution in [1.29, 1.82) is 0 Å². The van der Waals surface area contributed by atoms with Crippen LogP contribution in [0.1, 0.15) is 51.9 Å². The normalized spacial score (nSPS) is 15.2. The molecule has 0 aromatic carbocycles. The lowest BCUT2D eigenvalue weighted by atomic mass is 10.2. The van der Waals surface area contributed by atoms with Gasteiger partial charge in [0.15, 0.2) is 5.96 Å². The van der Waals surface area contributed by atoms with E-state index in [0.717, 1.165) is 77.3 Å². The Bertz CT molecular complexity index is 536. The van der Waals surface area contributed by atoms with Crippen molar-refractivity contribution in [2.75, 3.05) is 32.7 Å². The first-order valence-electron chi connectivity index (χ1n) is 9.92. The summed E-state index contributed by atoms with van der Waals surface area (Å²) in [5, 5.41) is 14.3. The minimum absolute atomic E-state index is 0. The van der Waals surface area contributed by atoms with E-state index in [1.807, 2.05) is 9.47 Å². The molecule has 0 atom stereocenters. The summed E-state index contributed by atoms with van der Waals surface area (Å²) in [6.45, 7) is 7.20. The van der Waals surface area contributed by atoms with Crippen LogP contribution >= 0.6 is 24.0 Å². The Hall–Kier alpha value is -1.39.